The van der Waals surface area contributed by atoms with E-state index in [-0.39, 0.29) is 16.8 Å². The summed E-state index contributed by atoms with van der Waals surface area (Å²) in [6, 6.07) is 11.8. The summed E-state index contributed by atoms with van der Waals surface area (Å²) in [6.45, 7) is 5.72. The molecule has 0 radical (unpaired) electrons. The van der Waals surface area contributed by atoms with Gasteiger partial charge < -0.3 is 20.5 Å². The van der Waals surface area contributed by atoms with Crippen molar-refractivity contribution in [1.82, 2.24) is 15.2 Å². The van der Waals surface area contributed by atoms with Crippen molar-refractivity contribution in [2.75, 3.05) is 31.5 Å². The van der Waals surface area contributed by atoms with E-state index < -0.39 is 5.82 Å². The first-order valence-corrected chi connectivity index (χ1v) is 12.6. The molecule has 2 aliphatic rings. The van der Waals surface area contributed by atoms with Crippen LogP contribution in [0.4, 0.5) is 10.1 Å². The number of carbonyl (C=O) groups is 2. The van der Waals surface area contributed by atoms with Crippen LogP contribution in [-0.4, -0.2) is 47.9 Å². The number of likely N-dealkylation sites (tertiary alicyclic amines) is 1. The summed E-state index contributed by atoms with van der Waals surface area (Å²) in [7, 11) is 0. The van der Waals surface area contributed by atoms with Gasteiger partial charge in [-0.1, -0.05) is 29.8 Å². The first-order valence-electron chi connectivity index (χ1n) is 12.2. The summed E-state index contributed by atoms with van der Waals surface area (Å²) in [5.74, 6) is -0.948. The Balaban J connectivity index is 1.42. The maximum Gasteiger partial charge on any atom is 0.256 e. The molecule has 0 spiro atoms. The molecule has 0 unspecified atom stereocenters. The van der Waals surface area contributed by atoms with Gasteiger partial charge in [-0.2, -0.15) is 0 Å². The number of aromatic amines is 1. The molecule has 2 aliphatic heterocycles. The zero-order valence-corrected chi connectivity index (χ0v) is 20.8. The molecule has 3 aromatic rings. The number of hydrogen-bond acceptors (Lipinski definition) is 3. The number of hydrogen-bond donors (Lipinski definition) is 3. The van der Waals surface area contributed by atoms with E-state index in [4.69, 9.17) is 11.6 Å². The minimum atomic E-state index is -0.504. The molecule has 2 amide bonds. The van der Waals surface area contributed by atoms with Crippen molar-refractivity contribution in [2.45, 2.75) is 26.2 Å². The molecular weight excluding hydrogens is 479 g/mol. The highest BCUT2D eigenvalue weighted by atomic mass is 35.5. The predicted molar refractivity (Wildman–Crippen MR) is 142 cm³/mol. The first kappa shape index (κ1) is 24.3. The monoisotopic (exact) mass is 506 g/mol. The van der Waals surface area contributed by atoms with Crippen molar-refractivity contribution in [3.8, 4) is 11.1 Å². The normalized spacial score (nSPS) is 16.4. The predicted octanol–water partition coefficient (Wildman–Crippen LogP) is 5.49. The van der Waals surface area contributed by atoms with Gasteiger partial charge in [0.2, 0.25) is 0 Å². The van der Waals surface area contributed by atoms with Crippen molar-refractivity contribution in [3.05, 3.63) is 75.8 Å². The van der Waals surface area contributed by atoms with Crippen LogP contribution in [0.15, 0.2) is 42.5 Å². The molecule has 0 atom stereocenters. The summed E-state index contributed by atoms with van der Waals surface area (Å²) in [4.78, 5) is 31.6. The molecule has 1 fully saturated rings. The molecular formula is C28H28ClFN4O2. The molecule has 2 aromatic carbocycles. The van der Waals surface area contributed by atoms with E-state index in [0.717, 1.165) is 37.3 Å². The van der Waals surface area contributed by atoms with Gasteiger partial charge in [0.05, 0.1) is 21.9 Å². The first-order chi connectivity index (χ1) is 17.4. The zero-order valence-electron chi connectivity index (χ0n) is 20.1. The quantitative estimate of drug-likeness (QED) is 0.293. The van der Waals surface area contributed by atoms with Crippen LogP contribution in [0.3, 0.4) is 0 Å². The van der Waals surface area contributed by atoms with Gasteiger partial charge in [-0.15, -0.1) is 0 Å². The second-order valence-electron chi connectivity index (χ2n) is 9.31. The van der Waals surface area contributed by atoms with E-state index in [9.17, 15) is 14.0 Å². The third kappa shape index (κ3) is 4.94. The summed E-state index contributed by atoms with van der Waals surface area (Å²) in [5.41, 5.74) is 5.08. The third-order valence-electron chi connectivity index (χ3n) is 6.71. The van der Waals surface area contributed by atoms with Crippen molar-refractivity contribution in [3.63, 3.8) is 0 Å². The van der Waals surface area contributed by atoms with Crippen LogP contribution >= 0.6 is 11.6 Å². The van der Waals surface area contributed by atoms with Crippen LogP contribution in [0.25, 0.3) is 22.8 Å². The van der Waals surface area contributed by atoms with Gasteiger partial charge in [0.15, 0.2) is 0 Å². The Morgan fingerprint density at radius 2 is 2.00 bits per heavy atom. The average molecular weight is 507 g/mol. The molecule has 8 heteroatoms. The van der Waals surface area contributed by atoms with Crippen LogP contribution < -0.4 is 10.6 Å². The number of rotatable bonds is 7. The molecule has 5 rings (SSSR count). The highest BCUT2D eigenvalue weighted by Crippen LogP contribution is 2.41. The van der Waals surface area contributed by atoms with Crippen LogP contribution in [0.2, 0.25) is 5.02 Å². The summed E-state index contributed by atoms with van der Waals surface area (Å²) >= 11 is 6.03. The van der Waals surface area contributed by atoms with Gasteiger partial charge in [0, 0.05) is 23.5 Å². The number of benzene rings is 2. The van der Waals surface area contributed by atoms with E-state index in [2.05, 4.69) is 20.5 Å². The fraction of sp³-hybridized carbons (Fsp3) is 0.286. The van der Waals surface area contributed by atoms with Crippen molar-refractivity contribution >= 4 is 40.8 Å². The lowest BCUT2D eigenvalue weighted by molar-refractivity contribution is -0.110. The largest absolute Gasteiger partial charge is 0.358 e. The van der Waals surface area contributed by atoms with E-state index in [1.807, 2.05) is 25.1 Å². The van der Waals surface area contributed by atoms with E-state index in [0.29, 0.717) is 40.2 Å². The number of amides is 2. The maximum atomic E-state index is 13.8. The lowest BCUT2D eigenvalue weighted by atomic mass is 9.94. The number of carbonyl (C=O) groups excluding carboxylic acids is 2. The van der Waals surface area contributed by atoms with Gasteiger partial charge in [-0.3, -0.25) is 9.59 Å². The topological polar surface area (TPSA) is 77.2 Å². The van der Waals surface area contributed by atoms with E-state index >= 15 is 0 Å². The summed E-state index contributed by atoms with van der Waals surface area (Å²) in [6.07, 6.45) is 5.10. The number of nitrogens with zero attached hydrogens (tertiary/aromatic N) is 1. The summed E-state index contributed by atoms with van der Waals surface area (Å²) in [5, 5.41) is 5.92. The molecule has 0 aliphatic carbocycles. The lowest BCUT2D eigenvalue weighted by Gasteiger charge is -2.14. The minimum absolute atomic E-state index is 0.0107. The molecule has 3 heterocycles. The fourth-order valence-electron chi connectivity index (χ4n) is 4.95. The molecule has 1 aromatic heterocycles. The van der Waals surface area contributed by atoms with Crippen molar-refractivity contribution in [2.24, 2.45) is 0 Å². The smallest absolute Gasteiger partial charge is 0.256 e. The molecule has 0 saturated carbocycles. The Hall–Kier alpha value is -3.42. The molecule has 1 saturated heterocycles. The van der Waals surface area contributed by atoms with Crippen molar-refractivity contribution < 1.29 is 14.0 Å². The van der Waals surface area contributed by atoms with E-state index in [1.54, 1.807) is 24.3 Å². The number of nitrogens with one attached hydrogen (secondary N) is 3. The minimum Gasteiger partial charge on any atom is -0.358 e. The van der Waals surface area contributed by atoms with Gasteiger partial charge in [0.25, 0.3) is 11.8 Å². The Bertz CT molecular complexity index is 1360. The Morgan fingerprint density at radius 3 is 2.78 bits per heavy atom. The van der Waals surface area contributed by atoms with Gasteiger partial charge in [-0.25, -0.2) is 4.39 Å². The highest BCUT2D eigenvalue weighted by molar-refractivity contribution is 6.36. The van der Waals surface area contributed by atoms with Gasteiger partial charge in [0.1, 0.15) is 5.82 Å². The molecule has 186 valence electrons. The van der Waals surface area contributed by atoms with Crippen LogP contribution in [0.5, 0.6) is 0 Å². The van der Waals surface area contributed by atoms with Crippen LogP contribution in [0, 0.1) is 12.7 Å². The second-order valence-corrected chi connectivity index (χ2v) is 9.71. The Morgan fingerprint density at radius 1 is 1.19 bits per heavy atom. The van der Waals surface area contributed by atoms with E-state index in [1.165, 1.54) is 18.9 Å². The molecule has 6 nitrogen and oxygen atoms in total. The number of H-pyrrole nitrogens is 1. The standard InChI is InChI=1S/C28H28ClFN4O2/c1-17-14-20(27(35)31-10-5-13-34-11-2-3-12-34)25(32-17)16-21-26-19(6-4-7-24(26)33-28(21)36)18-8-9-23(30)22(29)15-18/h4,6-9,14-16,32H,2-3,5,10-13H2,1H3,(H,31,35)(H,33,36). The van der Waals surface area contributed by atoms with Gasteiger partial charge in [-0.05, 0) is 87.3 Å². The summed E-state index contributed by atoms with van der Waals surface area (Å²) < 4.78 is 13.8. The lowest BCUT2D eigenvalue weighted by Crippen LogP contribution is -2.28. The maximum absolute atomic E-state index is 13.8. The Kier molecular flexibility index (Phi) is 6.94. The van der Waals surface area contributed by atoms with Crippen LogP contribution in [0.1, 0.15) is 46.6 Å². The number of halogens is 2. The Labute approximate surface area is 214 Å². The number of anilines is 1. The molecule has 36 heavy (non-hydrogen) atoms. The number of aromatic nitrogens is 1. The third-order valence-corrected chi connectivity index (χ3v) is 7.00. The molecule has 3 N–H and O–H groups in total. The molecule has 0 bridgehead atoms. The van der Waals surface area contributed by atoms with Crippen LogP contribution in [-0.2, 0) is 4.79 Å². The number of aryl methyl sites for hydroxylation is 1. The number of fused-ring (bicyclic) bond motifs is 1. The zero-order chi connectivity index (χ0) is 25.2. The second kappa shape index (κ2) is 10.3. The van der Waals surface area contributed by atoms with Crippen molar-refractivity contribution in [1.29, 1.82) is 0 Å². The highest BCUT2D eigenvalue weighted by Gasteiger charge is 2.28. The SMILES string of the molecule is Cc1cc(C(=O)NCCCN2CCCC2)c(C=C2C(=O)Nc3cccc(-c4ccc(F)c(Cl)c4)c32)[nH]1. The average Bonchev–Trinajstić information content (AvgIpc) is 3.58. The van der Waals surface area contributed by atoms with Gasteiger partial charge >= 0.3 is 0 Å². The fourth-order valence-corrected chi connectivity index (χ4v) is 5.13.